The second-order valence-corrected chi connectivity index (χ2v) is 4.02. The van der Waals surface area contributed by atoms with E-state index in [-0.39, 0.29) is 11.8 Å². The summed E-state index contributed by atoms with van der Waals surface area (Å²) in [7, 11) is 0. The van der Waals surface area contributed by atoms with Crippen LogP contribution >= 0.6 is 0 Å². The Hall–Kier alpha value is -1.12. The molecule has 86 valence electrons. The molecule has 15 heavy (non-hydrogen) atoms. The van der Waals surface area contributed by atoms with Crippen molar-refractivity contribution in [1.29, 1.82) is 0 Å². The number of rotatable bonds is 6. The van der Waals surface area contributed by atoms with Crippen LogP contribution in [0.25, 0.3) is 0 Å². The van der Waals surface area contributed by atoms with Gasteiger partial charge < -0.3 is 4.74 Å². The highest BCUT2D eigenvalue weighted by Crippen LogP contribution is 2.23. The summed E-state index contributed by atoms with van der Waals surface area (Å²) >= 11 is 0. The third kappa shape index (κ3) is 5.35. The van der Waals surface area contributed by atoms with E-state index in [0.717, 1.165) is 0 Å². The van der Waals surface area contributed by atoms with Crippen LogP contribution in [0, 0.1) is 5.41 Å². The molecule has 0 aromatic rings. The molecule has 0 N–H and O–H groups in total. The molecule has 0 aliphatic heterocycles. The van der Waals surface area contributed by atoms with E-state index >= 15 is 0 Å². The van der Waals surface area contributed by atoms with Gasteiger partial charge in [0.15, 0.2) is 0 Å². The Morgan fingerprint density at radius 1 is 1.27 bits per heavy atom. The third-order valence-electron chi connectivity index (χ3n) is 2.24. The van der Waals surface area contributed by atoms with Crippen LogP contribution in [0.1, 0.15) is 40.5 Å². The van der Waals surface area contributed by atoms with Gasteiger partial charge in [0.1, 0.15) is 5.78 Å². The van der Waals surface area contributed by atoms with E-state index in [0.29, 0.717) is 19.4 Å². The van der Waals surface area contributed by atoms with Crippen molar-refractivity contribution in [2.45, 2.75) is 40.5 Å². The van der Waals surface area contributed by atoms with Gasteiger partial charge in [0, 0.05) is 17.9 Å². The predicted molar refractivity (Wildman–Crippen MR) is 59.5 cm³/mol. The third-order valence-corrected chi connectivity index (χ3v) is 2.24. The highest BCUT2D eigenvalue weighted by atomic mass is 16.5. The number of carbonyl (C=O) groups is 2. The van der Waals surface area contributed by atoms with E-state index in [4.69, 9.17) is 4.74 Å². The zero-order chi connectivity index (χ0) is 11.9. The smallest absolute Gasteiger partial charge is 0.330 e. The fourth-order valence-electron chi connectivity index (χ4n) is 1.23. The molecule has 0 fully saturated rings. The van der Waals surface area contributed by atoms with Crippen LogP contribution in [0.3, 0.4) is 0 Å². The van der Waals surface area contributed by atoms with Gasteiger partial charge in [-0.15, -0.1) is 0 Å². The minimum atomic E-state index is -0.391. The number of hydrogen-bond acceptors (Lipinski definition) is 3. The van der Waals surface area contributed by atoms with E-state index in [1.807, 2.05) is 20.8 Å². The summed E-state index contributed by atoms with van der Waals surface area (Å²) in [5.74, 6) is -0.145. The Bertz CT molecular complexity index is 252. The van der Waals surface area contributed by atoms with Crippen LogP contribution in [0.2, 0.25) is 0 Å². The minimum Gasteiger partial charge on any atom is -0.463 e. The van der Waals surface area contributed by atoms with Gasteiger partial charge in [-0.3, -0.25) is 4.79 Å². The van der Waals surface area contributed by atoms with Gasteiger partial charge in [-0.1, -0.05) is 26.8 Å². The maximum Gasteiger partial charge on any atom is 0.330 e. The van der Waals surface area contributed by atoms with E-state index in [1.54, 1.807) is 13.0 Å². The molecule has 0 unspecified atom stereocenters. The van der Waals surface area contributed by atoms with Gasteiger partial charge in [0.2, 0.25) is 0 Å². The van der Waals surface area contributed by atoms with Crippen molar-refractivity contribution in [3.63, 3.8) is 0 Å². The highest BCUT2D eigenvalue weighted by Gasteiger charge is 2.23. The summed E-state index contributed by atoms with van der Waals surface area (Å²) in [4.78, 5) is 22.5. The normalized spacial score (nSPS) is 11.7. The number of ether oxygens (including phenoxy) is 1. The Morgan fingerprint density at radius 3 is 2.33 bits per heavy atom. The van der Waals surface area contributed by atoms with Gasteiger partial charge in [0.25, 0.3) is 0 Å². The van der Waals surface area contributed by atoms with Crippen molar-refractivity contribution >= 4 is 11.8 Å². The lowest BCUT2D eigenvalue weighted by atomic mass is 9.83. The van der Waals surface area contributed by atoms with Crippen molar-refractivity contribution in [3.8, 4) is 0 Å². The molecule has 0 radical (unpaired) electrons. The van der Waals surface area contributed by atoms with Crippen molar-refractivity contribution in [2.24, 2.45) is 5.41 Å². The quantitative estimate of drug-likeness (QED) is 0.502. The minimum absolute atomic E-state index is 0.205. The lowest BCUT2D eigenvalue weighted by molar-refractivity contribution is -0.137. The lowest BCUT2D eigenvalue weighted by Crippen LogP contribution is -2.22. The number of carbonyl (C=O) groups excluding carboxylic acids is 2. The van der Waals surface area contributed by atoms with Crippen LogP contribution in [0.5, 0.6) is 0 Å². The molecule has 0 saturated carbocycles. The number of ketones is 1. The Kier molecular flexibility index (Phi) is 5.90. The SMILES string of the molecule is CCOC(=O)/C=C/CC(C)(C)C(=O)CC. The maximum absolute atomic E-state index is 11.5. The Labute approximate surface area is 91.5 Å². The number of allylic oxidation sites excluding steroid dienone is 1. The number of hydrogen-bond donors (Lipinski definition) is 0. The predicted octanol–water partition coefficient (Wildman–Crippen LogP) is 2.50. The molecule has 0 aliphatic rings. The van der Waals surface area contributed by atoms with Crippen molar-refractivity contribution in [2.75, 3.05) is 6.61 Å². The summed E-state index contributed by atoms with van der Waals surface area (Å²) in [6.45, 7) is 7.75. The highest BCUT2D eigenvalue weighted by molar-refractivity contribution is 5.84. The van der Waals surface area contributed by atoms with Crippen molar-refractivity contribution < 1.29 is 14.3 Å². The fourth-order valence-corrected chi connectivity index (χ4v) is 1.23. The Morgan fingerprint density at radius 2 is 1.87 bits per heavy atom. The molecule has 0 spiro atoms. The average molecular weight is 212 g/mol. The zero-order valence-electron chi connectivity index (χ0n) is 10.0. The van der Waals surface area contributed by atoms with E-state index in [1.165, 1.54) is 6.08 Å². The Balaban J connectivity index is 4.14. The zero-order valence-corrected chi connectivity index (χ0v) is 10.0. The average Bonchev–Trinajstić information content (AvgIpc) is 2.16. The first-order valence-corrected chi connectivity index (χ1v) is 5.30. The van der Waals surface area contributed by atoms with Crippen LogP contribution < -0.4 is 0 Å². The molecule has 0 aromatic heterocycles. The molecular weight excluding hydrogens is 192 g/mol. The molecule has 3 nitrogen and oxygen atoms in total. The maximum atomic E-state index is 11.5. The van der Waals surface area contributed by atoms with E-state index in [2.05, 4.69) is 0 Å². The number of esters is 1. The van der Waals surface area contributed by atoms with Gasteiger partial charge >= 0.3 is 5.97 Å². The topological polar surface area (TPSA) is 43.4 Å². The first-order chi connectivity index (χ1) is 6.94. The number of Topliss-reactive ketones (excluding diaryl/α,β-unsaturated/α-hetero) is 1. The van der Waals surface area contributed by atoms with E-state index < -0.39 is 5.41 Å². The molecule has 3 heteroatoms. The molecule has 0 bridgehead atoms. The van der Waals surface area contributed by atoms with Gasteiger partial charge in [-0.2, -0.15) is 0 Å². The van der Waals surface area contributed by atoms with Crippen molar-refractivity contribution in [1.82, 2.24) is 0 Å². The first-order valence-electron chi connectivity index (χ1n) is 5.30. The monoisotopic (exact) mass is 212 g/mol. The largest absolute Gasteiger partial charge is 0.463 e. The summed E-state index contributed by atoms with van der Waals surface area (Å²) in [5.41, 5.74) is -0.391. The second kappa shape index (κ2) is 6.38. The van der Waals surface area contributed by atoms with Crippen LogP contribution in [-0.4, -0.2) is 18.4 Å². The van der Waals surface area contributed by atoms with Crippen molar-refractivity contribution in [3.05, 3.63) is 12.2 Å². The molecule has 0 rings (SSSR count). The molecule has 0 amide bonds. The standard InChI is InChI=1S/C12H20O3/c1-5-10(13)12(3,4)9-7-8-11(14)15-6-2/h7-8H,5-6,9H2,1-4H3/b8-7+. The molecule has 0 heterocycles. The summed E-state index contributed by atoms with van der Waals surface area (Å²) in [6.07, 6.45) is 4.18. The van der Waals surface area contributed by atoms with Crippen LogP contribution in [0.4, 0.5) is 0 Å². The van der Waals surface area contributed by atoms with E-state index in [9.17, 15) is 9.59 Å². The summed E-state index contributed by atoms with van der Waals surface area (Å²) in [5, 5.41) is 0. The first kappa shape index (κ1) is 13.9. The lowest BCUT2D eigenvalue weighted by Gasteiger charge is -2.19. The summed E-state index contributed by atoms with van der Waals surface area (Å²) < 4.78 is 4.73. The van der Waals surface area contributed by atoms with Gasteiger partial charge in [-0.25, -0.2) is 4.79 Å². The second-order valence-electron chi connectivity index (χ2n) is 4.02. The molecular formula is C12H20O3. The van der Waals surface area contributed by atoms with Crippen LogP contribution in [-0.2, 0) is 14.3 Å². The molecule has 0 saturated heterocycles. The van der Waals surface area contributed by atoms with Gasteiger partial charge in [0.05, 0.1) is 6.61 Å². The molecule has 0 aromatic carbocycles. The van der Waals surface area contributed by atoms with Gasteiger partial charge in [-0.05, 0) is 13.3 Å². The fraction of sp³-hybridized carbons (Fsp3) is 0.667. The molecule has 0 aliphatic carbocycles. The molecule has 0 atom stereocenters. The summed E-state index contributed by atoms with van der Waals surface area (Å²) in [6, 6.07) is 0. The van der Waals surface area contributed by atoms with Crippen LogP contribution in [0.15, 0.2) is 12.2 Å².